The zero-order valence-corrected chi connectivity index (χ0v) is 11.1. The quantitative estimate of drug-likeness (QED) is 0.836. The number of amides is 1. The average molecular weight is 269 g/mol. The zero-order chi connectivity index (χ0) is 14.6. The van der Waals surface area contributed by atoms with Crippen LogP contribution in [0.3, 0.4) is 0 Å². The SMILES string of the molecule is COC(=O)c1cc(OC)c(N(C)C(=O)O)c(OC)c1. The molecule has 1 aromatic carbocycles. The summed E-state index contributed by atoms with van der Waals surface area (Å²) in [6, 6.07) is 2.78. The highest BCUT2D eigenvalue weighted by molar-refractivity contribution is 5.95. The fraction of sp³-hybridized carbons (Fsp3) is 0.333. The van der Waals surface area contributed by atoms with E-state index in [1.165, 1.54) is 40.5 Å². The van der Waals surface area contributed by atoms with Crippen LogP contribution in [-0.2, 0) is 4.74 Å². The Bertz CT molecular complexity index is 474. The van der Waals surface area contributed by atoms with E-state index in [1.807, 2.05) is 0 Å². The summed E-state index contributed by atoms with van der Waals surface area (Å²) < 4.78 is 14.8. The summed E-state index contributed by atoms with van der Waals surface area (Å²) >= 11 is 0. The normalized spacial score (nSPS) is 9.68. The lowest BCUT2D eigenvalue weighted by atomic mass is 10.1. The minimum atomic E-state index is -1.18. The third-order valence-electron chi connectivity index (χ3n) is 2.52. The molecule has 0 aliphatic carbocycles. The Balaban J connectivity index is 3.46. The van der Waals surface area contributed by atoms with Gasteiger partial charge in [-0.15, -0.1) is 0 Å². The molecule has 0 atom stereocenters. The highest BCUT2D eigenvalue weighted by atomic mass is 16.5. The van der Waals surface area contributed by atoms with Crippen molar-refractivity contribution in [3.05, 3.63) is 17.7 Å². The van der Waals surface area contributed by atoms with Crippen molar-refractivity contribution < 1.29 is 28.9 Å². The molecule has 1 amide bonds. The first-order valence-electron chi connectivity index (χ1n) is 5.27. The maximum Gasteiger partial charge on any atom is 0.411 e. The van der Waals surface area contributed by atoms with Crippen molar-refractivity contribution in [2.24, 2.45) is 0 Å². The monoisotopic (exact) mass is 269 g/mol. The van der Waals surface area contributed by atoms with Crippen LogP contribution in [0.4, 0.5) is 10.5 Å². The van der Waals surface area contributed by atoms with Gasteiger partial charge in [0, 0.05) is 7.05 Å². The second-order valence-electron chi connectivity index (χ2n) is 3.56. The first-order valence-corrected chi connectivity index (χ1v) is 5.27. The molecule has 19 heavy (non-hydrogen) atoms. The molecule has 0 spiro atoms. The second-order valence-corrected chi connectivity index (χ2v) is 3.56. The van der Waals surface area contributed by atoms with Gasteiger partial charge in [0.2, 0.25) is 0 Å². The van der Waals surface area contributed by atoms with E-state index in [0.717, 1.165) is 4.90 Å². The number of hydrogen-bond donors (Lipinski definition) is 1. The molecule has 0 fully saturated rings. The molecular weight excluding hydrogens is 254 g/mol. The number of methoxy groups -OCH3 is 3. The molecule has 0 bridgehead atoms. The highest BCUT2D eigenvalue weighted by Crippen LogP contribution is 2.38. The number of carboxylic acid groups (broad SMARTS) is 1. The molecule has 0 aliphatic rings. The van der Waals surface area contributed by atoms with Crippen molar-refractivity contribution in [2.75, 3.05) is 33.3 Å². The maximum absolute atomic E-state index is 11.5. The second kappa shape index (κ2) is 5.94. The van der Waals surface area contributed by atoms with Crippen molar-refractivity contribution in [1.82, 2.24) is 0 Å². The first kappa shape index (κ1) is 14.6. The molecule has 0 aromatic heterocycles. The molecule has 0 heterocycles. The van der Waals surface area contributed by atoms with E-state index in [9.17, 15) is 9.59 Å². The van der Waals surface area contributed by atoms with E-state index in [1.54, 1.807) is 0 Å². The molecule has 1 N–H and O–H groups in total. The van der Waals surface area contributed by atoms with E-state index in [4.69, 9.17) is 14.6 Å². The number of carbonyl (C=O) groups excluding carboxylic acids is 1. The van der Waals surface area contributed by atoms with Crippen molar-refractivity contribution in [2.45, 2.75) is 0 Å². The molecule has 1 rings (SSSR count). The van der Waals surface area contributed by atoms with Crippen LogP contribution in [0.25, 0.3) is 0 Å². The molecule has 7 heteroatoms. The Morgan fingerprint density at radius 3 is 1.89 bits per heavy atom. The fourth-order valence-electron chi connectivity index (χ4n) is 1.56. The van der Waals surface area contributed by atoms with Gasteiger partial charge in [-0.1, -0.05) is 0 Å². The summed E-state index contributed by atoms with van der Waals surface area (Å²) in [6.07, 6.45) is -1.18. The van der Waals surface area contributed by atoms with E-state index in [0.29, 0.717) is 0 Å². The van der Waals surface area contributed by atoms with E-state index in [-0.39, 0.29) is 22.7 Å². The van der Waals surface area contributed by atoms with Crippen LogP contribution in [0.15, 0.2) is 12.1 Å². The third-order valence-corrected chi connectivity index (χ3v) is 2.52. The van der Waals surface area contributed by atoms with Gasteiger partial charge in [0.05, 0.1) is 26.9 Å². The number of esters is 1. The van der Waals surface area contributed by atoms with Crippen LogP contribution in [-0.4, -0.2) is 45.5 Å². The summed E-state index contributed by atoms with van der Waals surface area (Å²) in [4.78, 5) is 23.5. The van der Waals surface area contributed by atoms with Crippen LogP contribution < -0.4 is 14.4 Å². The molecule has 0 aliphatic heterocycles. The number of hydrogen-bond acceptors (Lipinski definition) is 5. The summed E-state index contributed by atoms with van der Waals surface area (Å²) in [5.74, 6) is -0.171. The molecular formula is C12H15NO6. The van der Waals surface area contributed by atoms with Crippen LogP contribution in [0.2, 0.25) is 0 Å². The van der Waals surface area contributed by atoms with Crippen LogP contribution in [0.5, 0.6) is 11.5 Å². The summed E-state index contributed by atoms with van der Waals surface area (Å²) in [6.45, 7) is 0. The Hall–Kier alpha value is -2.44. The molecule has 0 unspecified atom stereocenters. The van der Waals surface area contributed by atoms with Crippen LogP contribution >= 0.6 is 0 Å². The van der Waals surface area contributed by atoms with Gasteiger partial charge in [-0.3, -0.25) is 4.90 Å². The molecule has 104 valence electrons. The highest BCUT2D eigenvalue weighted by Gasteiger charge is 2.22. The van der Waals surface area contributed by atoms with Gasteiger partial charge in [-0.25, -0.2) is 9.59 Å². The minimum Gasteiger partial charge on any atom is -0.494 e. The summed E-state index contributed by atoms with van der Waals surface area (Å²) in [5, 5.41) is 9.02. The smallest absolute Gasteiger partial charge is 0.411 e. The summed E-state index contributed by atoms with van der Waals surface area (Å²) in [7, 11) is 5.34. The number of carbonyl (C=O) groups is 2. The van der Waals surface area contributed by atoms with Crippen LogP contribution in [0, 0.1) is 0 Å². The van der Waals surface area contributed by atoms with E-state index < -0.39 is 12.1 Å². The van der Waals surface area contributed by atoms with Gasteiger partial charge in [-0.05, 0) is 12.1 Å². The van der Waals surface area contributed by atoms with Gasteiger partial charge in [0.25, 0.3) is 0 Å². The van der Waals surface area contributed by atoms with Gasteiger partial charge >= 0.3 is 12.1 Å². The van der Waals surface area contributed by atoms with Gasteiger partial charge in [0.15, 0.2) is 0 Å². The summed E-state index contributed by atoms with van der Waals surface area (Å²) in [5.41, 5.74) is 0.420. The first-order chi connectivity index (χ1) is 8.96. The van der Waals surface area contributed by atoms with Crippen molar-refractivity contribution >= 4 is 17.7 Å². The predicted molar refractivity (Wildman–Crippen MR) is 67.3 cm³/mol. The lowest BCUT2D eigenvalue weighted by Crippen LogP contribution is -2.25. The van der Waals surface area contributed by atoms with E-state index in [2.05, 4.69) is 4.74 Å². The van der Waals surface area contributed by atoms with Gasteiger partial charge in [0.1, 0.15) is 17.2 Å². The lowest BCUT2D eigenvalue weighted by molar-refractivity contribution is 0.0600. The standard InChI is InChI=1S/C12H15NO6/c1-13(12(15)16)10-8(17-2)5-7(11(14)19-4)6-9(10)18-3/h5-6H,1-4H3,(H,15,16). The lowest BCUT2D eigenvalue weighted by Gasteiger charge is -2.20. The predicted octanol–water partition coefficient (Wildman–Crippen LogP) is 1.60. The van der Waals surface area contributed by atoms with Crippen molar-refractivity contribution in [3.63, 3.8) is 0 Å². The van der Waals surface area contributed by atoms with Crippen molar-refractivity contribution in [3.8, 4) is 11.5 Å². The van der Waals surface area contributed by atoms with Crippen LogP contribution in [0.1, 0.15) is 10.4 Å². The third kappa shape index (κ3) is 2.87. The Morgan fingerprint density at radius 2 is 1.58 bits per heavy atom. The molecule has 7 nitrogen and oxygen atoms in total. The number of benzene rings is 1. The topological polar surface area (TPSA) is 85.3 Å². The fourth-order valence-corrected chi connectivity index (χ4v) is 1.56. The Kier molecular flexibility index (Phi) is 4.57. The maximum atomic E-state index is 11.5. The zero-order valence-electron chi connectivity index (χ0n) is 11.1. The van der Waals surface area contributed by atoms with Gasteiger partial charge < -0.3 is 19.3 Å². The van der Waals surface area contributed by atoms with Gasteiger partial charge in [-0.2, -0.15) is 0 Å². The molecule has 1 aromatic rings. The number of nitrogens with zero attached hydrogens (tertiary/aromatic N) is 1. The number of ether oxygens (including phenoxy) is 3. The minimum absolute atomic E-state index is 0.199. The number of anilines is 1. The Labute approximate surface area is 110 Å². The number of rotatable bonds is 4. The molecule has 0 saturated heterocycles. The average Bonchev–Trinajstić information content (AvgIpc) is 2.43. The van der Waals surface area contributed by atoms with Crippen molar-refractivity contribution in [1.29, 1.82) is 0 Å². The Morgan fingerprint density at radius 1 is 1.11 bits per heavy atom. The molecule has 0 saturated carbocycles. The molecule has 0 radical (unpaired) electrons. The largest absolute Gasteiger partial charge is 0.494 e. The van der Waals surface area contributed by atoms with E-state index >= 15 is 0 Å².